The number of carbonyl (C=O) groups excluding carboxylic acids is 2. The van der Waals surface area contributed by atoms with Gasteiger partial charge in [0, 0.05) is 58.1 Å². The first kappa shape index (κ1) is 22.8. The van der Waals surface area contributed by atoms with Gasteiger partial charge in [0.05, 0.1) is 0 Å². The van der Waals surface area contributed by atoms with Crippen LogP contribution in [0.15, 0.2) is 12.4 Å². The number of methoxy groups -OCH3 is 1. The monoisotopic (exact) mass is 418 g/mol. The van der Waals surface area contributed by atoms with Crippen LogP contribution in [0.3, 0.4) is 0 Å². The van der Waals surface area contributed by atoms with Gasteiger partial charge in [0.1, 0.15) is 12.4 Å². The van der Waals surface area contributed by atoms with Crippen molar-refractivity contribution >= 4 is 11.8 Å². The average Bonchev–Trinajstić information content (AvgIpc) is 3.18. The van der Waals surface area contributed by atoms with Crippen molar-refractivity contribution in [3.63, 3.8) is 0 Å². The molecule has 0 bridgehead atoms. The van der Waals surface area contributed by atoms with E-state index < -0.39 is 0 Å². The Morgan fingerprint density at radius 2 is 1.90 bits per heavy atom. The molecular formula is C23H38N4O3. The first-order valence-electron chi connectivity index (χ1n) is 11.6. The molecule has 1 aliphatic heterocycles. The lowest BCUT2D eigenvalue weighted by molar-refractivity contribution is -0.140. The third-order valence-corrected chi connectivity index (χ3v) is 6.84. The van der Waals surface area contributed by atoms with E-state index in [0.29, 0.717) is 18.9 Å². The van der Waals surface area contributed by atoms with E-state index in [1.165, 1.54) is 32.1 Å². The van der Waals surface area contributed by atoms with Crippen LogP contribution in [0.5, 0.6) is 0 Å². The topological polar surface area (TPSA) is 67.7 Å². The second-order valence-corrected chi connectivity index (χ2v) is 8.84. The van der Waals surface area contributed by atoms with Crippen LogP contribution in [0.4, 0.5) is 0 Å². The minimum atomic E-state index is 0.0253. The molecule has 2 heterocycles. The molecule has 30 heavy (non-hydrogen) atoms. The Kier molecular flexibility index (Phi) is 8.73. The molecule has 7 heteroatoms. The number of nitrogens with zero attached hydrogens (tertiary/aromatic N) is 4. The molecule has 2 fully saturated rings. The van der Waals surface area contributed by atoms with Crippen molar-refractivity contribution in [3.8, 4) is 0 Å². The quantitative estimate of drug-likeness (QED) is 0.618. The molecule has 168 valence electrons. The Morgan fingerprint density at radius 3 is 2.53 bits per heavy atom. The highest BCUT2D eigenvalue weighted by molar-refractivity contribution is 5.78. The molecule has 7 nitrogen and oxygen atoms in total. The van der Waals surface area contributed by atoms with Gasteiger partial charge < -0.3 is 19.1 Å². The number of aryl methyl sites for hydroxylation is 1. The van der Waals surface area contributed by atoms with Gasteiger partial charge in [0.2, 0.25) is 11.8 Å². The van der Waals surface area contributed by atoms with Crippen molar-refractivity contribution in [2.24, 2.45) is 5.92 Å². The Labute approximate surface area is 180 Å². The number of imidazole rings is 1. The van der Waals surface area contributed by atoms with Crippen molar-refractivity contribution < 1.29 is 14.3 Å². The number of ether oxygens (including phenoxy) is 1. The van der Waals surface area contributed by atoms with Gasteiger partial charge in [-0.05, 0) is 32.1 Å². The summed E-state index contributed by atoms with van der Waals surface area (Å²) >= 11 is 0. The Balaban J connectivity index is 1.48. The van der Waals surface area contributed by atoms with Gasteiger partial charge in [0.25, 0.3) is 0 Å². The number of likely N-dealkylation sites (tertiary alicyclic amines) is 1. The standard InChI is InChI=1S/C23H38N4O3/c1-19-24-12-15-25(19)16-17-27(23(29)18-30-2)21-10-13-26(14-11-21)22(28)9-8-20-6-4-3-5-7-20/h12,15,20-21H,3-11,13-14,16-18H2,1-2H3. The zero-order chi connectivity index (χ0) is 21.3. The molecule has 1 aromatic rings. The van der Waals surface area contributed by atoms with E-state index >= 15 is 0 Å². The highest BCUT2D eigenvalue weighted by Gasteiger charge is 2.29. The first-order chi connectivity index (χ1) is 14.6. The zero-order valence-corrected chi connectivity index (χ0v) is 18.7. The number of amides is 2. The molecule has 1 aromatic heterocycles. The van der Waals surface area contributed by atoms with Crippen LogP contribution in [0.25, 0.3) is 0 Å². The van der Waals surface area contributed by atoms with Crippen LogP contribution < -0.4 is 0 Å². The molecule has 2 amide bonds. The predicted molar refractivity (Wildman–Crippen MR) is 116 cm³/mol. The van der Waals surface area contributed by atoms with Crippen molar-refractivity contribution in [3.05, 3.63) is 18.2 Å². The summed E-state index contributed by atoms with van der Waals surface area (Å²) in [4.78, 5) is 33.6. The third-order valence-electron chi connectivity index (χ3n) is 6.84. The number of piperidine rings is 1. The van der Waals surface area contributed by atoms with E-state index in [1.807, 2.05) is 22.9 Å². The maximum Gasteiger partial charge on any atom is 0.248 e. The molecule has 0 radical (unpaired) electrons. The number of aromatic nitrogens is 2. The average molecular weight is 419 g/mol. The molecule has 3 rings (SSSR count). The van der Waals surface area contributed by atoms with Gasteiger partial charge >= 0.3 is 0 Å². The normalized spacial score (nSPS) is 18.5. The van der Waals surface area contributed by atoms with Gasteiger partial charge in [-0.3, -0.25) is 9.59 Å². The van der Waals surface area contributed by atoms with Crippen LogP contribution in [-0.2, 0) is 20.9 Å². The lowest BCUT2D eigenvalue weighted by Gasteiger charge is -2.39. The van der Waals surface area contributed by atoms with Crippen LogP contribution in [0, 0.1) is 12.8 Å². The fourth-order valence-corrected chi connectivity index (χ4v) is 4.96. The van der Waals surface area contributed by atoms with Crippen LogP contribution >= 0.6 is 0 Å². The van der Waals surface area contributed by atoms with Gasteiger partial charge in [-0.15, -0.1) is 0 Å². The maximum absolute atomic E-state index is 12.7. The number of rotatable bonds is 9. The third kappa shape index (κ3) is 6.30. The van der Waals surface area contributed by atoms with Gasteiger partial charge in [-0.1, -0.05) is 32.1 Å². The number of hydrogen-bond acceptors (Lipinski definition) is 4. The molecule has 0 N–H and O–H groups in total. The van der Waals surface area contributed by atoms with Crippen molar-refractivity contribution in [2.75, 3.05) is 33.4 Å². The molecule has 0 aromatic carbocycles. The molecular weight excluding hydrogens is 380 g/mol. The minimum absolute atomic E-state index is 0.0253. The second kappa shape index (κ2) is 11.5. The van der Waals surface area contributed by atoms with Gasteiger partial charge in [-0.2, -0.15) is 0 Å². The van der Waals surface area contributed by atoms with E-state index in [1.54, 1.807) is 13.3 Å². The Bertz CT molecular complexity index is 676. The summed E-state index contributed by atoms with van der Waals surface area (Å²) in [6.45, 7) is 4.92. The SMILES string of the molecule is COCC(=O)N(CCn1ccnc1C)C1CCN(C(=O)CCC2CCCCC2)CC1. The summed E-state index contributed by atoms with van der Waals surface area (Å²) in [5.41, 5.74) is 0. The fourth-order valence-electron chi connectivity index (χ4n) is 4.96. The minimum Gasteiger partial charge on any atom is -0.375 e. The van der Waals surface area contributed by atoms with Gasteiger partial charge in [-0.25, -0.2) is 4.98 Å². The second-order valence-electron chi connectivity index (χ2n) is 8.84. The highest BCUT2D eigenvalue weighted by atomic mass is 16.5. The number of carbonyl (C=O) groups is 2. The lowest BCUT2D eigenvalue weighted by Crippen LogP contribution is -2.50. The largest absolute Gasteiger partial charge is 0.375 e. The summed E-state index contributed by atoms with van der Waals surface area (Å²) in [6, 6.07) is 0.166. The summed E-state index contributed by atoms with van der Waals surface area (Å²) < 4.78 is 7.18. The van der Waals surface area contributed by atoms with E-state index in [2.05, 4.69) is 9.55 Å². The van der Waals surface area contributed by atoms with E-state index in [9.17, 15) is 9.59 Å². The zero-order valence-electron chi connectivity index (χ0n) is 18.7. The van der Waals surface area contributed by atoms with E-state index in [0.717, 1.165) is 50.6 Å². The van der Waals surface area contributed by atoms with E-state index in [4.69, 9.17) is 4.74 Å². The van der Waals surface area contributed by atoms with Crippen LogP contribution in [0.2, 0.25) is 0 Å². The molecule has 2 aliphatic rings. The predicted octanol–water partition coefficient (Wildman–Crippen LogP) is 3.02. The summed E-state index contributed by atoms with van der Waals surface area (Å²) in [5.74, 6) is 2.02. The number of hydrogen-bond donors (Lipinski definition) is 0. The molecule has 1 aliphatic carbocycles. The molecule has 1 saturated carbocycles. The van der Waals surface area contributed by atoms with Crippen LogP contribution in [-0.4, -0.2) is 70.6 Å². The fraction of sp³-hybridized carbons (Fsp3) is 0.783. The summed E-state index contributed by atoms with van der Waals surface area (Å²) in [5, 5.41) is 0. The van der Waals surface area contributed by atoms with E-state index in [-0.39, 0.29) is 18.6 Å². The Hall–Kier alpha value is -1.89. The molecule has 0 spiro atoms. The molecule has 1 saturated heterocycles. The smallest absolute Gasteiger partial charge is 0.248 e. The lowest BCUT2D eigenvalue weighted by atomic mass is 9.86. The first-order valence-corrected chi connectivity index (χ1v) is 11.6. The molecule has 0 unspecified atom stereocenters. The summed E-state index contributed by atoms with van der Waals surface area (Å²) in [6.07, 6.45) is 13.7. The summed E-state index contributed by atoms with van der Waals surface area (Å²) in [7, 11) is 1.56. The Morgan fingerprint density at radius 1 is 1.17 bits per heavy atom. The molecule has 0 atom stereocenters. The highest BCUT2D eigenvalue weighted by Crippen LogP contribution is 2.28. The van der Waals surface area contributed by atoms with Crippen molar-refractivity contribution in [1.29, 1.82) is 0 Å². The van der Waals surface area contributed by atoms with Gasteiger partial charge in [0.15, 0.2) is 0 Å². The van der Waals surface area contributed by atoms with Crippen molar-refractivity contribution in [1.82, 2.24) is 19.4 Å². The van der Waals surface area contributed by atoms with Crippen LogP contribution in [0.1, 0.15) is 63.6 Å². The maximum atomic E-state index is 12.7. The van der Waals surface area contributed by atoms with Crippen molar-refractivity contribution in [2.45, 2.75) is 77.3 Å².